The number of aryl methyl sites for hydroxylation is 1. The average molecular weight is 521 g/mol. The van der Waals surface area contributed by atoms with E-state index in [-0.39, 0.29) is 0 Å². The summed E-state index contributed by atoms with van der Waals surface area (Å²) in [6.45, 7) is 9.26. The SMILES string of the molecule is Cc1cc2nc(N3CCc4ccccc4C3)sc2c(-c2ccc(Cl)cc2)c1C(OC(C)(C)C)C(=O)O. The van der Waals surface area contributed by atoms with E-state index in [0.717, 1.165) is 51.5 Å². The second kappa shape index (κ2) is 9.51. The fourth-order valence-electron chi connectivity index (χ4n) is 4.82. The average Bonchev–Trinajstić information content (AvgIpc) is 3.25. The molecule has 186 valence electrons. The lowest BCUT2D eigenvalue weighted by Crippen LogP contribution is -2.30. The fourth-order valence-corrected chi connectivity index (χ4v) is 6.10. The minimum Gasteiger partial charge on any atom is -0.479 e. The Kier molecular flexibility index (Phi) is 6.54. The quantitative estimate of drug-likeness (QED) is 0.296. The van der Waals surface area contributed by atoms with Crippen LogP contribution < -0.4 is 4.90 Å². The predicted molar refractivity (Wildman–Crippen MR) is 147 cm³/mol. The van der Waals surface area contributed by atoms with Crippen molar-refractivity contribution in [1.29, 1.82) is 0 Å². The molecular formula is C29H29ClN2O3S. The van der Waals surface area contributed by atoms with Gasteiger partial charge < -0.3 is 14.7 Å². The Bertz CT molecular complexity index is 1440. The van der Waals surface area contributed by atoms with Crippen LogP contribution in [-0.2, 0) is 22.5 Å². The van der Waals surface area contributed by atoms with E-state index in [4.69, 9.17) is 21.3 Å². The van der Waals surface area contributed by atoms with Crippen molar-refractivity contribution >= 4 is 44.3 Å². The Hall–Kier alpha value is -2.93. The van der Waals surface area contributed by atoms with Gasteiger partial charge in [-0.25, -0.2) is 9.78 Å². The number of halogens is 1. The lowest BCUT2D eigenvalue weighted by Gasteiger charge is -2.28. The van der Waals surface area contributed by atoms with Gasteiger partial charge in [0.05, 0.1) is 15.8 Å². The van der Waals surface area contributed by atoms with Gasteiger partial charge in [-0.15, -0.1) is 0 Å². The maximum absolute atomic E-state index is 12.5. The number of carboxylic acids is 1. The summed E-state index contributed by atoms with van der Waals surface area (Å²) in [6.07, 6.45) is -0.145. The molecule has 7 heteroatoms. The number of thiazole rings is 1. The topological polar surface area (TPSA) is 62.7 Å². The van der Waals surface area contributed by atoms with Crippen molar-refractivity contribution < 1.29 is 14.6 Å². The Morgan fingerprint density at radius 2 is 1.83 bits per heavy atom. The fraction of sp³-hybridized carbons (Fsp3) is 0.310. The van der Waals surface area contributed by atoms with Crippen molar-refractivity contribution in [2.75, 3.05) is 11.4 Å². The standard InChI is InChI=1S/C29H29ClN2O3S/c1-17-15-22-26(36-28(31-22)32-14-13-18-7-5-6-8-20(18)16-32)24(19-9-11-21(30)12-10-19)23(17)25(27(33)34)35-29(2,3)4/h5-12,15,25H,13-14,16H2,1-4H3,(H,33,34). The number of fused-ring (bicyclic) bond motifs is 2. The number of anilines is 1. The van der Waals surface area contributed by atoms with Gasteiger partial charge in [0.2, 0.25) is 0 Å². The van der Waals surface area contributed by atoms with Gasteiger partial charge >= 0.3 is 5.97 Å². The molecule has 0 bridgehead atoms. The van der Waals surface area contributed by atoms with Crippen molar-refractivity contribution in [3.8, 4) is 11.1 Å². The molecule has 1 aromatic heterocycles. The summed E-state index contributed by atoms with van der Waals surface area (Å²) in [7, 11) is 0. The van der Waals surface area contributed by atoms with Gasteiger partial charge in [-0.05, 0) is 74.6 Å². The minimum atomic E-state index is -1.12. The Labute approximate surface area is 220 Å². The van der Waals surface area contributed by atoms with Crippen LogP contribution >= 0.6 is 22.9 Å². The van der Waals surface area contributed by atoms with E-state index in [1.807, 2.05) is 58.0 Å². The molecule has 1 unspecified atom stereocenters. The predicted octanol–water partition coefficient (Wildman–Crippen LogP) is 7.43. The number of benzene rings is 3. The third kappa shape index (κ3) is 4.85. The zero-order chi connectivity index (χ0) is 25.6. The van der Waals surface area contributed by atoms with Crippen molar-refractivity contribution in [2.45, 2.75) is 52.4 Å². The van der Waals surface area contributed by atoms with Crippen LogP contribution in [0.3, 0.4) is 0 Å². The van der Waals surface area contributed by atoms with Crippen LogP contribution in [0.5, 0.6) is 0 Å². The van der Waals surface area contributed by atoms with Gasteiger partial charge in [0.15, 0.2) is 11.2 Å². The molecule has 3 aromatic carbocycles. The Balaban J connectivity index is 1.69. The summed E-state index contributed by atoms with van der Waals surface area (Å²) in [5, 5.41) is 11.8. The van der Waals surface area contributed by atoms with Gasteiger partial charge in [0.1, 0.15) is 0 Å². The molecule has 4 aromatic rings. The summed E-state index contributed by atoms with van der Waals surface area (Å²) in [5.74, 6) is -1.01. The van der Waals surface area contributed by atoms with E-state index < -0.39 is 17.7 Å². The number of aliphatic carboxylic acids is 1. The number of carbonyl (C=O) groups is 1. The lowest BCUT2D eigenvalue weighted by atomic mass is 9.91. The number of ether oxygens (including phenoxy) is 1. The molecule has 1 aliphatic rings. The van der Waals surface area contributed by atoms with E-state index in [2.05, 4.69) is 29.2 Å². The Morgan fingerprint density at radius 1 is 1.14 bits per heavy atom. The highest BCUT2D eigenvalue weighted by Gasteiger charge is 2.32. The normalized spacial score (nSPS) is 14.6. The molecule has 0 amide bonds. The lowest BCUT2D eigenvalue weighted by molar-refractivity contribution is -0.160. The van der Waals surface area contributed by atoms with Crippen LogP contribution in [0.2, 0.25) is 5.02 Å². The highest BCUT2D eigenvalue weighted by molar-refractivity contribution is 7.22. The Morgan fingerprint density at radius 3 is 2.50 bits per heavy atom. The third-order valence-electron chi connectivity index (χ3n) is 6.41. The molecule has 0 aliphatic carbocycles. The molecule has 0 fully saturated rings. The first-order valence-corrected chi connectivity index (χ1v) is 13.2. The number of nitrogens with zero attached hydrogens (tertiary/aromatic N) is 2. The molecule has 0 radical (unpaired) electrons. The van der Waals surface area contributed by atoms with E-state index in [1.165, 1.54) is 11.1 Å². The highest BCUT2D eigenvalue weighted by Crippen LogP contribution is 2.44. The highest BCUT2D eigenvalue weighted by atomic mass is 35.5. The van der Waals surface area contributed by atoms with Crippen LogP contribution in [0, 0.1) is 6.92 Å². The van der Waals surface area contributed by atoms with Crippen molar-refractivity contribution in [2.24, 2.45) is 0 Å². The van der Waals surface area contributed by atoms with Gasteiger partial charge in [-0.1, -0.05) is 59.3 Å². The zero-order valence-corrected chi connectivity index (χ0v) is 22.4. The van der Waals surface area contributed by atoms with E-state index in [9.17, 15) is 9.90 Å². The first-order chi connectivity index (χ1) is 17.1. The van der Waals surface area contributed by atoms with Gasteiger partial charge in [0, 0.05) is 29.2 Å². The smallest absolute Gasteiger partial charge is 0.337 e. The summed E-state index contributed by atoms with van der Waals surface area (Å²) in [5.41, 5.74) is 6.17. The molecule has 1 aliphatic heterocycles. The summed E-state index contributed by atoms with van der Waals surface area (Å²) >= 11 is 7.81. The van der Waals surface area contributed by atoms with Crippen molar-refractivity contribution in [3.05, 3.63) is 81.9 Å². The number of rotatable bonds is 5. The van der Waals surface area contributed by atoms with Gasteiger partial charge in [-0.3, -0.25) is 0 Å². The maximum Gasteiger partial charge on any atom is 0.337 e. The number of aromatic nitrogens is 1. The zero-order valence-electron chi connectivity index (χ0n) is 20.8. The second-order valence-electron chi connectivity index (χ2n) is 10.2. The monoisotopic (exact) mass is 520 g/mol. The van der Waals surface area contributed by atoms with Crippen LogP contribution in [0.1, 0.15) is 49.1 Å². The van der Waals surface area contributed by atoms with E-state index in [0.29, 0.717) is 10.6 Å². The summed E-state index contributed by atoms with van der Waals surface area (Å²) in [6, 6.07) is 18.1. The molecule has 0 saturated heterocycles. The van der Waals surface area contributed by atoms with Crippen LogP contribution in [-0.4, -0.2) is 28.2 Å². The second-order valence-corrected chi connectivity index (χ2v) is 11.6. The molecule has 1 N–H and O–H groups in total. The maximum atomic E-state index is 12.5. The molecule has 2 heterocycles. The molecule has 5 nitrogen and oxygen atoms in total. The molecule has 0 saturated carbocycles. The number of carboxylic acid groups (broad SMARTS) is 1. The van der Waals surface area contributed by atoms with Crippen LogP contribution in [0.4, 0.5) is 5.13 Å². The largest absolute Gasteiger partial charge is 0.479 e. The van der Waals surface area contributed by atoms with E-state index in [1.54, 1.807) is 11.3 Å². The molecule has 36 heavy (non-hydrogen) atoms. The van der Waals surface area contributed by atoms with Crippen molar-refractivity contribution in [1.82, 2.24) is 4.98 Å². The van der Waals surface area contributed by atoms with Crippen LogP contribution in [0.25, 0.3) is 21.3 Å². The van der Waals surface area contributed by atoms with E-state index >= 15 is 0 Å². The first kappa shape index (κ1) is 24.8. The number of hydrogen-bond acceptors (Lipinski definition) is 5. The van der Waals surface area contributed by atoms with Gasteiger partial charge in [-0.2, -0.15) is 0 Å². The third-order valence-corrected chi connectivity index (χ3v) is 7.81. The van der Waals surface area contributed by atoms with Gasteiger partial charge in [0.25, 0.3) is 0 Å². The number of hydrogen-bond donors (Lipinski definition) is 1. The minimum absolute atomic E-state index is 0.627. The molecule has 0 spiro atoms. The first-order valence-electron chi connectivity index (χ1n) is 12.0. The van der Waals surface area contributed by atoms with Crippen LogP contribution in [0.15, 0.2) is 54.6 Å². The molecule has 5 rings (SSSR count). The summed E-state index contributed by atoms with van der Waals surface area (Å²) in [4.78, 5) is 19.8. The summed E-state index contributed by atoms with van der Waals surface area (Å²) < 4.78 is 7.07. The van der Waals surface area contributed by atoms with Crippen molar-refractivity contribution in [3.63, 3.8) is 0 Å². The molecular weight excluding hydrogens is 492 g/mol. The molecule has 1 atom stereocenters.